The Hall–Kier alpha value is -2.37. The Balaban J connectivity index is 2.22. The van der Waals surface area contributed by atoms with Crippen LogP contribution < -0.4 is 5.73 Å². The number of nitrogens with zero attached hydrogens (tertiary/aromatic N) is 2. The van der Waals surface area contributed by atoms with E-state index < -0.39 is 5.91 Å². The van der Waals surface area contributed by atoms with Gasteiger partial charge in [0.05, 0.1) is 23.9 Å². The van der Waals surface area contributed by atoms with E-state index >= 15 is 0 Å². The van der Waals surface area contributed by atoms with E-state index in [9.17, 15) is 9.59 Å². The lowest BCUT2D eigenvalue weighted by Crippen LogP contribution is -2.39. The number of unbranched alkanes of at least 4 members (excludes halogenated alkanes) is 1. The van der Waals surface area contributed by atoms with Crippen LogP contribution in [0.25, 0.3) is 11.0 Å². The molecule has 0 bridgehead atoms. The zero-order valence-electron chi connectivity index (χ0n) is 11.4. The molecular weight excluding hydrogens is 256 g/mol. The highest BCUT2D eigenvalue weighted by Gasteiger charge is 2.17. The van der Waals surface area contributed by atoms with Crippen molar-refractivity contribution in [2.45, 2.75) is 19.8 Å². The van der Waals surface area contributed by atoms with Gasteiger partial charge in [0, 0.05) is 12.1 Å². The van der Waals surface area contributed by atoms with Crippen LogP contribution in [0, 0.1) is 0 Å². The molecule has 0 atom stereocenters. The van der Waals surface area contributed by atoms with E-state index in [-0.39, 0.29) is 12.5 Å². The molecule has 106 valence electrons. The normalized spacial score (nSPS) is 10.7. The largest absolute Gasteiger partial charge is 0.368 e. The first-order valence-corrected chi connectivity index (χ1v) is 6.62. The summed E-state index contributed by atoms with van der Waals surface area (Å²) < 4.78 is 0. The van der Waals surface area contributed by atoms with Crippen molar-refractivity contribution in [1.82, 2.24) is 14.9 Å². The van der Waals surface area contributed by atoms with Crippen molar-refractivity contribution in [2.24, 2.45) is 5.73 Å². The molecule has 0 aliphatic rings. The second-order valence-electron chi connectivity index (χ2n) is 4.68. The predicted molar refractivity (Wildman–Crippen MR) is 76.1 cm³/mol. The number of nitrogens with one attached hydrogen (secondary N) is 1. The van der Waals surface area contributed by atoms with E-state index in [1.54, 1.807) is 24.5 Å². The first kappa shape index (κ1) is 14.0. The molecule has 0 spiro atoms. The second kappa shape index (κ2) is 6.18. The van der Waals surface area contributed by atoms with Gasteiger partial charge in [0.15, 0.2) is 0 Å². The topological polar surface area (TPSA) is 92.1 Å². The molecule has 20 heavy (non-hydrogen) atoms. The van der Waals surface area contributed by atoms with E-state index in [1.807, 2.05) is 6.92 Å². The number of aromatic nitrogens is 2. The zero-order chi connectivity index (χ0) is 14.5. The third-order valence-electron chi connectivity index (χ3n) is 3.08. The van der Waals surface area contributed by atoms with Crippen LogP contribution in [0.1, 0.15) is 30.1 Å². The number of fused-ring (bicyclic) bond motifs is 1. The average molecular weight is 274 g/mol. The van der Waals surface area contributed by atoms with Crippen molar-refractivity contribution in [1.29, 1.82) is 0 Å². The number of primary amides is 1. The molecule has 2 aromatic rings. The number of hydrogen-bond donors (Lipinski definition) is 2. The van der Waals surface area contributed by atoms with Crippen LogP contribution in [0.15, 0.2) is 24.5 Å². The van der Waals surface area contributed by atoms with Gasteiger partial charge in [-0.2, -0.15) is 0 Å². The minimum absolute atomic E-state index is 0.0557. The molecule has 0 aliphatic carbocycles. The number of aromatic amines is 1. The summed E-state index contributed by atoms with van der Waals surface area (Å²) in [4.78, 5) is 32.1. The Bertz CT molecular complexity index is 620. The van der Waals surface area contributed by atoms with Gasteiger partial charge in [0.25, 0.3) is 5.91 Å². The lowest BCUT2D eigenvalue weighted by molar-refractivity contribution is -0.118. The van der Waals surface area contributed by atoms with Crippen molar-refractivity contribution < 1.29 is 9.59 Å². The number of H-pyrrole nitrogens is 1. The molecule has 6 heteroatoms. The van der Waals surface area contributed by atoms with Crippen LogP contribution in [0.4, 0.5) is 0 Å². The smallest absolute Gasteiger partial charge is 0.254 e. The Morgan fingerprint density at radius 2 is 2.20 bits per heavy atom. The highest BCUT2D eigenvalue weighted by atomic mass is 16.2. The van der Waals surface area contributed by atoms with Gasteiger partial charge in [-0.05, 0) is 24.6 Å². The molecule has 0 unspecified atom stereocenters. The van der Waals surface area contributed by atoms with Crippen LogP contribution in [0.5, 0.6) is 0 Å². The van der Waals surface area contributed by atoms with Crippen LogP contribution in [0.3, 0.4) is 0 Å². The van der Waals surface area contributed by atoms with Crippen molar-refractivity contribution in [3.05, 3.63) is 30.1 Å². The summed E-state index contributed by atoms with van der Waals surface area (Å²) in [6, 6.07) is 5.23. The molecule has 0 saturated carbocycles. The number of carbonyl (C=O) groups excluding carboxylic acids is 2. The van der Waals surface area contributed by atoms with Crippen molar-refractivity contribution in [3.63, 3.8) is 0 Å². The average Bonchev–Trinajstić information content (AvgIpc) is 2.89. The second-order valence-corrected chi connectivity index (χ2v) is 4.68. The molecule has 6 nitrogen and oxygen atoms in total. The Morgan fingerprint density at radius 3 is 2.90 bits per heavy atom. The summed E-state index contributed by atoms with van der Waals surface area (Å²) in [6.45, 7) is 2.50. The quantitative estimate of drug-likeness (QED) is 0.831. The Morgan fingerprint density at radius 1 is 1.40 bits per heavy atom. The molecule has 1 aromatic carbocycles. The number of rotatable bonds is 6. The van der Waals surface area contributed by atoms with Gasteiger partial charge in [-0.1, -0.05) is 13.3 Å². The summed E-state index contributed by atoms with van der Waals surface area (Å²) in [5.41, 5.74) is 7.33. The summed E-state index contributed by atoms with van der Waals surface area (Å²) in [5, 5.41) is 0. The molecule has 0 radical (unpaired) electrons. The highest BCUT2D eigenvalue weighted by Crippen LogP contribution is 2.14. The standard InChI is InChI=1S/C14H18N4O2/c1-2-3-6-18(8-13(15)19)14(20)10-4-5-11-12(7-10)17-9-16-11/h4-5,7,9H,2-3,6,8H2,1H3,(H2,15,19)(H,16,17). The van der Waals surface area contributed by atoms with E-state index in [0.29, 0.717) is 12.1 Å². The Labute approximate surface area is 117 Å². The molecule has 3 N–H and O–H groups in total. The van der Waals surface area contributed by atoms with Gasteiger partial charge in [-0.3, -0.25) is 9.59 Å². The lowest BCUT2D eigenvalue weighted by atomic mass is 10.1. The highest BCUT2D eigenvalue weighted by molar-refractivity contribution is 5.98. The first-order valence-electron chi connectivity index (χ1n) is 6.62. The third-order valence-corrected chi connectivity index (χ3v) is 3.08. The minimum atomic E-state index is -0.503. The fourth-order valence-electron chi connectivity index (χ4n) is 2.04. The molecule has 0 fully saturated rings. The fourth-order valence-corrected chi connectivity index (χ4v) is 2.04. The van der Waals surface area contributed by atoms with Gasteiger partial charge in [0.2, 0.25) is 5.91 Å². The van der Waals surface area contributed by atoms with Crippen LogP contribution in [-0.4, -0.2) is 39.8 Å². The summed E-state index contributed by atoms with van der Waals surface area (Å²) in [7, 11) is 0. The summed E-state index contributed by atoms with van der Waals surface area (Å²) in [5.74, 6) is -0.689. The molecule has 2 rings (SSSR count). The van der Waals surface area contributed by atoms with Gasteiger partial charge in [-0.15, -0.1) is 0 Å². The number of carbonyl (C=O) groups is 2. The van der Waals surface area contributed by atoms with E-state index in [4.69, 9.17) is 5.73 Å². The maximum Gasteiger partial charge on any atom is 0.254 e. The van der Waals surface area contributed by atoms with E-state index in [1.165, 1.54) is 4.90 Å². The molecule has 2 amide bonds. The fraction of sp³-hybridized carbons (Fsp3) is 0.357. The first-order chi connectivity index (χ1) is 9.61. The van der Waals surface area contributed by atoms with Crippen molar-refractivity contribution in [2.75, 3.05) is 13.1 Å². The van der Waals surface area contributed by atoms with Crippen LogP contribution in [-0.2, 0) is 4.79 Å². The van der Waals surface area contributed by atoms with Crippen LogP contribution >= 0.6 is 0 Å². The minimum Gasteiger partial charge on any atom is -0.368 e. The van der Waals surface area contributed by atoms with Gasteiger partial charge in [-0.25, -0.2) is 4.98 Å². The lowest BCUT2D eigenvalue weighted by Gasteiger charge is -2.21. The summed E-state index contributed by atoms with van der Waals surface area (Å²) in [6.07, 6.45) is 3.37. The molecule has 0 aliphatic heterocycles. The molecule has 0 saturated heterocycles. The monoisotopic (exact) mass is 274 g/mol. The number of nitrogens with two attached hydrogens (primary N) is 1. The zero-order valence-corrected chi connectivity index (χ0v) is 11.4. The van der Waals surface area contributed by atoms with Crippen molar-refractivity contribution >= 4 is 22.8 Å². The molecular formula is C14H18N4O2. The number of hydrogen-bond acceptors (Lipinski definition) is 3. The SMILES string of the molecule is CCCCN(CC(N)=O)C(=O)c1ccc2nc[nH]c2c1. The van der Waals surface area contributed by atoms with Crippen molar-refractivity contribution in [3.8, 4) is 0 Å². The van der Waals surface area contributed by atoms with Gasteiger partial charge >= 0.3 is 0 Å². The maximum atomic E-state index is 12.4. The Kier molecular flexibility index (Phi) is 4.34. The maximum absolute atomic E-state index is 12.4. The van der Waals surface area contributed by atoms with E-state index in [0.717, 1.165) is 23.9 Å². The summed E-state index contributed by atoms with van der Waals surface area (Å²) >= 11 is 0. The number of imidazole rings is 1. The van der Waals surface area contributed by atoms with E-state index in [2.05, 4.69) is 9.97 Å². The third kappa shape index (κ3) is 3.14. The van der Waals surface area contributed by atoms with Gasteiger partial charge < -0.3 is 15.6 Å². The molecule has 1 heterocycles. The number of benzene rings is 1. The predicted octanol–water partition coefficient (Wildman–Crippen LogP) is 1.29. The molecule has 1 aromatic heterocycles. The van der Waals surface area contributed by atoms with Crippen LogP contribution in [0.2, 0.25) is 0 Å². The van der Waals surface area contributed by atoms with Gasteiger partial charge in [0.1, 0.15) is 0 Å². The number of amides is 2.